The Morgan fingerprint density at radius 3 is 2.39 bits per heavy atom. The van der Waals surface area contributed by atoms with Gasteiger partial charge < -0.3 is 21.1 Å². The monoisotopic (exact) mass is 242 g/mol. The van der Waals surface area contributed by atoms with Crippen molar-refractivity contribution in [2.45, 2.75) is 0 Å². The molecule has 0 radical (unpaired) electrons. The third-order valence-corrected chi connectivity index (χ3v) is 2.89. The second-order valence-corrected chi connectivity index (χ2v) is 4.09. The Morgan fingerprint density at radius 1 is 0.889 bits per heavy atom. The predicted molar refractivity (Wildman–Crippen MR) is 68.7 cm³/mol. The fraction of sp³-hybridized carbons (Fsp3) is 0. The van der Waals surface area contributed by atoms with Crippen LogP contribution < -0.4 is 5.73 Å². The molecular formula is C13H10N2O3. The van der Waals surface area contributed by atoms with E-state index in [4.69, 9.17) is 5.73 Å². The van der Waals surface area contributed by atoms with Crippen LogP contribution in [0.4, 0.5) is 5.69 Å². The largest absolute Gasteiger partial charge is 0.505 e. The number of benzene rings is 2. The highest BCUT2D eigenvalue weighted by Gasteiger charge is 2.09. The SMILES string of the molecule is Nc1ccc2nc3cc(O)c(O)cc3cc2c1O. The summed E-state index contributed by atoms with van der Waals surface area (Å²) in [5, 5.41) is 29.9. The van der Waals surface area contributed by atoms with Gasteiger partial charge in [-0.3, -0.25) is 0 Å². The molecule has 3 rings (SSSR count). The number of anilines is 1. The van der Waals surface area contributed by atoms with Crippen LogP contribution in [0, 0.1) is 0 Å². The average Bonchev–Trinajstić information content (AvgIpc) is 2.34. The molecule has 0 aliphatic heterocycles. The smallest absolute Gasteiger partial charge is 0.159 e. The summed E-state index contributed by atoms with van der Waals surface area (Å²) in [6, 6.07) is 7.68. The maximum Gasteiger partial charge on any atom is 0.159 e. The van der Waals surface area contributed by atoms with Crippen LogP contribution in [0.2, 0.25) is 0 Å². The molecular weight excluding hydrogens is 232 g/mol. The van der Waals surface area contributed by atoms with Crippen LogP contribution in [0.15, 0.2) is 30.3 Å². The Bertz CT molecular complexity index is 783. The van der Waals surface area contributed by atoms with Crippen LogP contribution in [-0.2, 0) is 0 Å². The molecule has 0 saturated heterocycles. The van der Waals surface area contributed by atoms with Gasteiger partial charge in [0.05, 0.1) is 16.7 Å². The quantitative estimate of drug-likeness (QED) is 0.275. The van der Waals surface area contributed by atoms with E-state index in [1.54, 1.807) is 18.2 Å². The van der Waals surface area contributed by atoms with Crippen LogP contribution in [0.1, 0.15) is 0 Å². The normalized spacial score (nSPS) is 11.1. The first-order valence-electron chi connectivity index (χ1n) is 5.30. The number of nitrogens with two attached hydrogens (primary N) is 1. The molecule has 1 heterocycles. The standard InChI is InChI=1S/C13H10N2O3/c14-8-1-2-9-7(13(8)18)3-6-4-11(16)12(17)5-10(6)15-9/h1-5,16-18H,14H2. The van der Waals surface area contributed by atoms with Crippen molar-refractivity contribution in [3.63, 3.8) is 0 Å². The number of fused-ring (bicyclic) bond motifs is 2. The van der Waals surface area contributed by atoms with Gasteiger partial charge in [-0.2, -0.15) is 0 Å². The second-order valence-electron chi connectivity index (χ2n) is 4.09. The molecule has 5 nitrogen and oxygen atoms in total. The molecule has 0 bridgehead atoms. The zero-order valence-corrected chi connectivity index (χ0v) is 9.25. The Morgan fingerprint density at radius 2 is 1.61 bits per heavy atom. The maximum absolute atomic E-state index is 9.86. The van der Waals surface area contributed by atoms with Crippen molar-refractivity contribution in [3.8, 4) is 17.2 Å². The van der Waals surface area contributed by atoms with E-state index in [-0.39, 0.29) is 22.9 Å². The van der Waals surface area contributed by atoms with Crippen LogP contribution in [0.3, 0.4) is 0 Å². The first-order chi connectivity index (χ1) is 8.56. The van der Waals surface area contributed by atoms with Crippen molar-refractivity contribution in [1.82, 2.24) is 4.98 Å². The Balaban J connectivity index is 2.47. The third-order valence-electron chi connectivity index (χ3n) is 2.89. The number of hydrogen-bond acceptors (Lipinski definition) is 5. The second kappa shape index (κ2) is 3.40. The molecule has 0 spiro atoms. The molecule has 90 valence electrons. The van der Waals surface area contributed by atoms with Gasteiger partial charge in [0.25, 0.3) is 0 Å². The van der Waals surface area contributed by atoms with Crippen molar-refractivity contribution in [2.24, 2.45) is 0 Å². The number of nitrogen functional groups attached to an aromatic ring is 1. The molecule has 0 fully saturated rings. The van der Waals surface area contributed by atoms with Crippen LogP contribution in [-0.4, -0.2) is 20.3 Å². The molecule has 18 heavy (non-hydrogen) atoms. The summed E-state index contributed by atoms with van der Waals surface area (Å²) >= 11 is 0. The van der Waals surface area contributed by atoms with Gasteiger partial charge in [-0.25, -0.2) is 4.98 Å². The molecule has 5 heteroatoms. The summed E-state index contributed by atoms with van der Waals surface area (Å²) < 4.78 is 0. The topological polar surface area (TPSA) is 99.6 Å². The minimum Gasteiger partial charge on any atom is -0.505 e. The number of phenolic OH excluding ortho intramolecular Hbond substituents is 3. The lowest BCUT2D eigenvalue weighted by Crippen LogP contribution is -1.88. The number of pyridine rings is 1. The van der Waals surface area contributed by atoms with Crippen molar-refractivity contribution >= 4 is 27.5 Å². The predicted octanol–water partition coefficient (Wildman–Crippen LogP) is 2.09. The van der Waals surface area contributed by atoms with Gasteiger partial charge in [0, 0.05) is 16.8 Å². The van der Waals surface area contributed by atoms with Crippen LogP contribution >= 0.6 is 0 Å². The van der Waals surface area contributed by atoms with Gasteiger partial charge in [0.1, 0.15) is 5.75 Å². The van der Waals surface area contributed by atoms with Crippen LogP contribution in [0.25, 0.3) is 21.8 Å². The van der Waals surface area contributed by atoms with E-state index in [9.17, 15) is 15.3 Å². The molecule has 0 unspecified atom stereocenters. The third kappa shape index (κ3) is 1.37. The number of rotatable bonds is 0. The van der Waals surface area contributed by atoms with Gasteiger partial charge in [0.2, 0.25) is 0 Å². The van der Waals surface area contributed by atoms with Crippen LogP contribution in [0.5, 0.6) is 17.2 Å². The number of aromatic nitrogens is 1. The Kier molecular flexibility index (Phi) is 1.98. The molecule has 0 atom stereocenters. The summed E-state index contributed by atoms with van der Waals surface area (Å²) in [5.41, 5.74) is 6.99. The van der Waals surface area contributed by atoms with E-state index >= 15 is 0 Å². The van der Waals surface area contributed by atoms with Crippen molar-refractivity contribution in [1.29, 1.82) is 0 Å². The molecule has 5 N–H and O–H groups in total. The zero-order valence-electron chi connectivity index (χ0n) is 9.25. The number of phenols is 3. The zero-order chi connectivity index (χ0) is 12.9. The Labute approximate surface area is 102 Å². The first kappa shape index (κ1) is 10.5. The molecule has 2 aromatic carbocycles. The van der Waals surface area contributed by atoms with Gasteiger partial charge in [0.15, 0.2) is 11.5 Å². The lowest BCUT2D eigenvalue weighted by Gasteiger charge is -2.06. The van der Waals surface area contributed by atoms with E-state index in [2.05, 4.69) is 4.98 Å². The molecule has 3 aromatic rings. The van der Waals surface area contributed by atoms with Gasteiger partial charge in [-0.15, -0.1) is 0 Å². The van der Waals surface area contributed by atoms with Gasteiger partial charge in [-0.05, 0) is 24.3 Å². The maximum atomic E-state index is 9.86. The minimum absolute atomic E-state index is 0.0329. The lowest BCUT2D eigenvalue weighted by atomic mass is 10.1. The van der Waals surface area contributed by atoms with Crippen molar-refractivity contribution in [2.75, 3.05) is 5.73 Å². The average molecular weight is 242 g/mol. The highest BCUT2D eigenvalue weighted by atomic mass is 16.3. The molecule has 0 amide bonds. The highest BCUT2D eigenvalue weighted by molar-refractivity contribution is 5.99. The minimum atomic E-state index is -0.230. The highest BCUT2D eigenvalue weighted by Crippen LogP contribution is 2.35. The Hall–Kier alpha value is -2.69. The van der Waals surface area contributed by atoms with Crippen molar-refractivity contribution < 1.29 is 15.3 Å². The fourth-order valence-electron chi connectivity index (χ4n) is 1.93. The lowest BCUT2D eigenvalue weighted by molar-refractivity contribution is 0.405. The van der Waals surface area contributed by atoms with E-state index in [1.165, 1.54) is 12.1 Å². The fourth-order valence-corrected chi connectivity index (χ4v) is 1.93. The number of nitrogens with zero attached hydrogens (tertiary/aromatic N) is 1. The van der Waals surface area contributed by atoms with E-state index in [1.807, 2.05) is 0 Å². The molecule has 1 aromatic heterocycles. The van der Waals surface area contributed by atoms with Gasteiger partial charge in [-0.1, -0.05) is 0 Å². The molecule has 0 saturated carbocycles. The van der Waals surface area contributed by atoms with E-state index in [0.717, 1.165) is 0 Å². The summed E-state index contributed by atoms with van der Waals surface area (Å²) in [5.74, 6) is -0.490. The van der Waals surface area contributed by atoms with E-state index in [0.29, 0.717) is 21.8 Å². The summed E-state index contributed by atoms with van der Waals surface area (Å²) in [7, 11) is 0. The molecule has 0 aliphatic carbocycles. The van der Waals surface area contributed by atoms with Crippen molar-refractivity contribution in [3.05, 3.63) is 30.3 Å². The van der Waals surface area contributed by atoms with Gasteiger partial charge >= 0.3 is 0 Å². The summed E-state index contributed by atoms with van der Waals surface area (Å²) in [4.78, 5) is 4.29. The summed E-state index contributed by atoms with van der Waals surface area (Å²) in [6.45, 7) is 0. The van der Waals surface area contributed by atoms with E-state index < -0.39 is 0 Å². The number of hydrogen-bond donors (Lipinski definition) is 4. The molecule has 0 aliphatic rings. The summed E-state index contributed by atoms with van der Waals surface area (Å²) in [6.07, 6.45) is 0. The number of aromatic hydroxyl groups is 3. The first-order valence-corrected chi connectivity index (χ1v) is 5.30.